The molecule has 1 aromatic carbocycles. The number of carbonyl (C=O) groups excluding carboxylic acids is 2. The maximum absolute atomic E-state index is 11.3. The van der Waals surface area contributed by atoms with Gasteiger partial charge in [0.05, 0.1) is 12.0 Å². The Morgan fingerprint density at radius 2 is 2.00 bits per heavy atom. The predicted molar refractivity (Wildman–Crippen MR) is 67.2 cm³/mol. The maximum Gasteiger partial charge on any atom is 0.325 e. The van der Waals surface area contributed by atoms with Crippen molar-refractivity contribution in [3.8, 4) is 0 Å². The van der Waals surface area contributed by atoms with E-state index in [1.165, 1.54) is 43.5 Å². The Hall–Kier alpha value is -2.70. The van der Waals surface area contributed by atoms with E-state index in [0.717, 1.165) is 0 Å². The molecule has 0 heterocycles. The fourth-order valence-electron chi connectivity index (χ4n) is 1.17. The molecule has 0 aliphatic rings. The number of nitro benzene ring substituents is 1. The van der Waals surface area contributed by atoms with Crippen LogP contribution in [0.1, 0.15) is 5.56 Å². The molecular weight excluding hydrogens is 252 g/mol. The molecule has 19 heavy (non-hydrogen) atoms. The SMILES string of the molecule is COC(=O)CNC(=O)C=Cc1ccc([N+](=O)[O-])cc1. The monoisotopic (exact) mass is 264 g/mol. The van der Waals surface area contributed by atoms with Crippen LogP contribution < -0.4 is 5.32 Å². The second kappa shape index (κ2) is 6.90. The number of amides is 1. The molecule has 0 aromatic heterocycles. The summed E-state index contributed by atoms with van der Waals surface area (Å²) in [6.45, 7) is -0.208. The summed E-state index contributed by atoms with van der Waals surface area (Å²) < 4.78 is 4.36. The van der Waals surface area contributed by atoms with E-state index in [9.17, 15) is 19.7 Å². The van der Waals surface area contributed by atoms with Crippen LogP contribution >= 0.6 is 0 Å². The van der Waals surface area contributed by atoms with Gasteiger partial charge in [-0.25, -0.2) is 0 Å². The highest BCUT2D eigenvalue weighted by molar-refractivity contribution is 5.93. The molecule has 0 spiro atoms. The van der Waals surface area contributed by atoms with E-state index in [0.29, 0.717) is 5.56 Å². The molecule has 100 valence electrons. The molecule has 0 radical (unpaired) electrons. The Morgan fingerprint density at radius 3 is 2.53 bits per heavy atom. The third-order valence-electron chi connectivity index (χ3n) is 2.17. The summed E-state index contributed by atoms with van der Waals surface area (Å²) >= 11 is 0. The average Bonchev–Trinajstić information content (AvgIpc) is 2.42. The molecule has 0 fully saturated rings. The molecule has 7 heteroatoms. The van der Waals surface area contributed by atoms with Gasteiger partial charge < -0.3 is 10.1 Å². The summed E-state index contributed by atoms with van der Waals surface area (Å²) in [5.41, 5.74) is 0.617. The zero-order valence-corrected chi connectivity index (χ0v) is 10.2. The highest BCUT2D eigenvalue weighted by Gasteiger charge is 2.03. The van der Waals surface area contributed by atoms with Gasteiger partial charge in [0, 0.05) is 18.2 Å². The summed E-state index contributed by atoms with van der Waals surface area (Å²) in [7, 11) is 1.22. The molecule has 1 aromatic rings. The van der Waals surface area contributed by atoms with Crippen LogP contribution in [0.15, 0.2) is 30.3 Å². The number of nitrogens with zero attached hydrogens (tertiary/aromatic N) is 1. The van der Waals surface area contributed by atoms with Gasteiger partial charge in [-0.1, -0.05) is 0 Å². The number of carbonyl (C=O) groups is 2. The van der Waals surface area contributed by atoms with E-state index in [2.05, 4.69) is 10.1 Å². The lowest BCUT2D eigenvalue weighted by molar-refractivity contribution is -0.384. The number of nitrogens with one attached hydrogen (secondary N) is 1. The second-order valence-corrected chi connectivity index (χ2v) is 3.48. The van der Waals surface area contributed by atoms with Gasteiger partial charge in [0.25, 0.3) is 5.69 Å². The summed E-state index contributed by atoms with van der Waals surface area (Å²) in [4.78, 5) is 32.0. The third-order valence-corrected chi connectivity index (χ3v) is 2.17. The summed E-state index contributed by atoms with van der Waals surface area (Å²) in [6, 6.07) is 5.71. The first-order valence-corrected chi connectivity index (χ1v) is 5.30. The van der Waals surface area contributed by atoms with Crippen LogP contribution in [0, 0.1) is 10.1 Å². The molecule has 7 nitrogen and oxygen atoms in total. The second-order valence-electron chi connectivity index (χ2n) is 3.48. The van der Waals surface area contributed by atoms with Crippen LogP contribution in [-0.2, 0) is 14.3 Å². The Kier molecular flexibility index (Phi) is 5.21. The van der Waals surface area contributed by atoms with Crippen LogP contribution in [0.25, 0.3) is 6.08 Å². The topological polar surface area (TPSA) is 98.5 Å². The minimum absolute atomic E-state index is 0.0210. The van der Waals surface area contributed by atoms with Crippen LogP contribution in [0.3, 0.4) is 0 Å². The molecule has 0 atom stereocenters. The van der Waals surface area contributed by atoms with Crippen molar-refractivity contribution in [2.75, 3.05) is 13.7 Å². The average molecular weight is 264 g/mol. The first-order chi connectivity index (χ1) is 9.02. The van der Waals surface area contributed by atoms with Gasteiger partial charge in [-0.05, 0) is 23.8 Å². The van der Waals surface area contributed by atoms with Crippen molar-refractivity contribution in [2.24, 2.45) is 0 Å². The molecule has 0 aliphatic carbocycles. The summed E-state index contributed by atoms with van der Waals surface area (Å²) in [6.07, 6.45) is 2.71. The van der Waals surface area contributed by atoms with Crippen molar-refractivity contribution in [1.82, 2.24) is 5.32 Å². The molecule has 0 unspecified atom stereocenters. The smallest absolute Gasteiger partial charge is 0.325 e. The molecule has 1 N–H and O–H groups in total. The number of ether oxygens (including phenoxy) is 1. The van der Waals surface area contributed by atoms with E-state index in [4.69, 9.17) is 0 Å². The largest absolute Gasteiger partial charge is 0.468 e. The lowest BCUT2D eigenvalue weighted by Crippen LogP contribution is -2.28. The number of benzene rings is 1. The van der Waals surface area contributed by atoms with Gasteiger partial charge in [-0.2, -0.15) is 0 Å². The molecule has 0 saturated heterocycles. The van der Waals surface area contributed by atoms with Crippen LogP contribution in [0.4, 0.5) is 5.69 Å². The number of hydrogen-bond acceptors (Lipinski definition) is 5. The first kappa shape index (κ1) is 14.4. The van der Waals surface area contributed by atoms with Crippen molar-refractivity contribution in [1.29, 1.82) is 0 Å². The standard InChI is InChI=1S/C12H12N2O5/c1-19-12(16)8-13-11(15)7-4-9-2-5-10(6-3-9)14(17)18/h2-7H,8H2,1H3,(H,13,15). The van der Waals surface area contributed by atoms with Crippen LogP contribution in [-0.4, -0.2) is 30.5 Å². The minimum Gasteiger partial charge on any atom is -0.468 e. The number of hydrogen-bond donors (Lipinski definition) is 1. The minimum atomic E-state index is -0.544. The van der Waals surface area contributed by atoms with Gasteiger partial charge in [0.2, 0.25) is 5.91 Å². The van der Waals surface area contributed by atoms with Gasteiger partial charge in [-0.3, -0.25) is 19.7 Å². The molecule has 1 amide bonds. The molecule has 1 rings (SSSR count). The first-order valence-electron chi connectivity index (χ1n) is 5.30. The highest BCUT2D eigenvalue weighted by Crippen LogP contribution is 2.12. The van der Waals surface area contributed by atoms with E-state index >= 15 is 0 Å². The number of non-ortho nitro benzene ring substituents is 1. The molecule has 0 aliphatic heterocycles. The van der Waals surface area contributed by atoms with Gasteiger partial charge in [-0.15, -0.1) is 0 Å². The lowest BCUT2D eigenvalue weighted by Gasteiger charge is -1.99. The van der Waals surface area contributed by atoms with E-state index in [1.807, 2.05) is 0 Å². The lowest BCUT2D eigenvalue weighted by atomic mass is 10.2. The number of nitro groups is 1. The zero-order chi connectivity index (χ0) is 14.3. The molecule has 0 bridgehead atoms. The highest BCUT2D eigenvalue weighted by atomic mass is 16.6. The van der Waals surface area contributed by atoms with E-state index in [-0.39, 0.29) is 12.2 Å². The Morgan fingerprint density at radius 1 is 1.37 bits per heavy atom. The van der Waals surface area contributed by atoms with Crippen molar-refractivity contribution in [3.05, 3.63) is 46.0 Å². The zero-order valence-electron chi connectivity index (χ0n) is 10.2. The number of methoxy groups -OCH3 is 1. The van der Waals surface area contributed by atoms with Crippen LogP contribution in [0.5, 0.6) is 0 Å². The predicted octanol–water partition coefficient (Wildman–Crippen LogP) is 0.897. The quantitative estimate of drug-likeness (QED) is 0.368. The number of rotatable bonds is 5. The van der Waals surface area contributed by atoms with E-state index in [1.54, 1.807) is 0 Å². The normalized spacial score (nSPS) is 10.2. The Labute approximate surface area is 109 Å². The Balaban J connectivity index is 2.54. The van der Waals surface area contributed by atoms with Gasteiger partial charge in [0.1, 0.15) is 6.54 Å². The van der Waals surface area contributed by atoms with Crippen molar-refractivity contribution < 1.29 is 19.2 Å². The van der Waals surface area contributed by atoms with Gasteiger partial charge >= 0.3 is 5.97 Å². The van der Waals surface area contributed by atoms with Crippen LogP contribution in [0.2, 0.25) is 0 Å². The Bertz CT molecular complexity index is 507. The summed E-state index contributed by atoms with van der Waals surface area (Å²) in [5.74, 6) is -0.999. The van der Waals surface area contributed by atoms with Crippen molar-refractivity contribution in [3.63, 3.8) is 0 Å². The molecular formula is C12H12N2O5. The third kappa shape index (κ3) is 4.99. The van der Waals surface area contributed by atoms with Crippen molar-refractivity contribution >= 4 is 23.6 Å². The van der Waals surface area contributed by atoms with E-state index < -0.39 is 16.8 Å². The number of esters is 1. The fraction of sp³-hybridized carbons (Fsp3) is 0.167. The van der Waals surface area contributed by atoms with Gasteiger partial charge in [0.15, 0.2) is 0 Å². The summed E-state index contributed by atoms with van der Waals surface area (Å²) in [5, 5.41) is 12.8. The maximum atomic E-state index is 11.3. The van der Waals surface area contributed by atoms with Crippen molar-refractivity contribution in [2.45, 2.75) is 0 Å². The molecule has 0 saturated carbocycles. The fourth-order valence-corrected chi connectivity index (χ4v) is 1.17.